The van der Waals surface area contributed by atoms with Crippen molar-refractivity contribution < 1.29 is 13.9 Å². The summed E-state index contributed by atoms with van der Waals surface area (Å²) in [5, 5.41) is 10.3. The van der Waals surface area contributed by atoms with Gasteiger partial charge in [-0.1, -0.05) is 18.2 Å². The number of pyridine rings is 1. The molecule has 3 heterocycles. The highest BCUT2D eigenvalue weighted by Gasteiger charge is 2.17. The lowest BCUT2D eigenvalue weighted by molar-refractivity contribution is -0.117. The third-order valence-electron chi connectivity index (χ3n) is 5.55. The van der Waals surface area contributed by atoms with E-state index in [2.05, 4.69) is 20.5 Å². The van der Waals surface area contributed by atoms with E-state index >= 15 is 0 Å². The van der Waals surface area contributed by atoms with Gasteiger partial charge in [0, 0.05) is 41.2 Å². The number of furan rings is 1. The SMILES string of the molecule is COc1cccc(C(Cc2cccc(C)n2)NC(=O)/C=C/c2c[nH]nc2-c2cc(C)oc2C)c1. The Morgan fingerprint density at radius 2 is 2.00 bits per heavy atom. The molecule has 0 bridgehead atoms. The summed E-state index contributed by atoms with van der Waals surface area (Å²) < 4.78 is 11.0. The standard InChI is InChI=1S/C27H28N4O3/c1-17-7-5-9-22(29-17)15-25(20-8-6-10-23(14-20)33-4)30-26(32)12-11-21-16-28-31-27(21)24-13-18(2)34-19(24)3/h5-14,16,25H,15H2,1-4H3,(H,28,31)(H,30,32)/b12-11+. The summed E-state index contributed by atoms with van der Waals surface area (Å²) in [4.78, 5) is 17.6. The molecule has 0 spiro atoms. The monoisotopic (exact) mass is 456 g/mol. The molecule has 1 atom stereocenters. The number of H-pyrrole nitrogens is 1. The Bertz CT molecular complexity index is 1320. The Morgan fingerprint density at radius 3 is 2.74 bits per heavy atom. The molecule has 4 aromatic rings. The zero-order chi connectivity index (χ0) is 24.1. The lowest BCUT2D eigenvalue weighted by atomic mass is 10.0. The van der Waals surface area contributed by atoms with Gasteiger partial charge < -0.3 is 14.5 Å². The van der Waals surface area contributed by atoms with Crippen LogP contribution in [0, 0.1) is 20.8 Å². The summed E-state index contributed by atoms with van der Waals surface area (Å²) in [6, 6.07) is 15.3. The molecule has 0 radical (unpaired) electrons. The Hall–Kier alpha value is -4.13. The summed E-state index contributed by atoms with van der Waals surface area (Å²) >= 11 is 0. The van der Waals surface area contributed by atoms with Crippen LogP contribution in [-0.4, -0.2) is 28.2 Å². The molecule has 4 rings (SSSR count). The fourth-order valence-electron chi connectivity index (χ4n) is 3.93. The minimum atomic E-state index is -0.274. The third kappa shape index (κ3) is 5.43. The molecule has 34 heavy (non-hydrogen) atoms. The Morgan fingerprint density at radius 1 is 1.18 bits per heavy atom. The maximum atomic E-state index is 13.0. The number of hydrogen-bond acceptors (Lipinski definition) is 5. The van der Waals surface area contributed by atoms with Gasteiger partial charge in [-0.3, -0.25) is 14.9 Å². The van der Waals surface area contributed by atoms with Crippen molar-refractivity contribution in [3.05, 3.63) is 94.8 Å². The van der Waals surface area contributed by atoms with Crippen LogP contribution in [0.15, 0.2) is 65.2 Å². The van der Waals surface area contributed by atoms with Crippen LogP contribution in [0.4, 0.5) is 0 Å². The fraction of sp³-hybridized carbons (Fsp3) is 0.222. The Balaban J connectivity index is 1.56. The van der Waals surface area contributed by atoms with E-state index in [4.69, 9.17) is 9.15 Å². The van der Waals surface area contributed by atoms with Gasteiger partial charge in [0.05, 0.1) is 13.2 Å². The smallest absolute Gasteiger partial charge is 0.244 e. The van der Waals surface area contributed by atoms with E-state index < -0.39 is 0 Å². The number of ether oxygens (including phenoxy) is 1. The van der Waals surface area contributed by atoms with Gasteiger partial charge in [-0.15, -0.1) is 0 Å². The Labute approximate surface area is 198 Å². The number of aromatic amines is 1. The predicted molar refractivity (Wildman–Crippen MR) is 131 cm³/mol. The topological polar surface area (TPSA) is 93.0 Å². The minimum absolute atomic E-state index is 0.215. The summed E-state index contributed by atoms with van der Waals surface area (Å²) in [7, 11) is 1.63. The maximum absolute atomic E-state index is 13.0. The molecule has 0 aliphatic carbocycles. The third-order valence-corrected chi connectivity index (χ3v) is 5.55. The number of nitrogens with zero attached hydrogens (tertiary/aromatic N) is 2. The molecule has 0 saturated heterocycles. The zero-order valence-corrected chi connectivity index (χ0v) is 19.8. The van der Waals surface area contributed by atoms with Crippen LogP contribution in [0.5, 0.6) is 5.75 Å². The molecule has 1 amide bonds. The van der Waals surface area contributed by atoms with Gasteiger partial charge in [0.15, 0.2) is 0 Å². The Kier molecular flexibility index (Phi) is 6.92. The quantitative estimate of drug-likeness (QED) is 0.359. The highest BCUT2D eigenvalue weighted by molar-refractivity contribution is 5.93. The summed E-state index contributed by atoms with van der Waals surface area (Å²) in [5.74, 6) is 2.12. The van der Waals surface area contributed by atoms with Gasteiger partial charge in [0.1, 0.15) is 23.0 Å². The second-order valence-electron chi connectivity index (χ2n) is 8.16. The molecule has 2 N–H and O–H groups in total. The van der Waals surface area contributed by atoms with Crippen LogP contribution >= 0.6 is 0 Å². The first-order chi connectivity index (χ1) is 16.4. The second-order valence-corrected chi connectivity index (χ2v) is 8.16. The first-order valence-electron chi connectivity index (χ1n) is 11.1. The van der Waals surface area contributed by atoms with Crippen molar-refractivity contribution in [3.63, 3.8) is 0 Å². The number of aryl methyl sites for hydroxylation is 3. The van der Waals surface area contributed by atoms with E-state index in [1.165, 1.54) is 6.08 Å². The van der Waals surface area contributed by atoms with E-state index in [1.54, 1.807) is 19.4 Å². The molecule has 0 saturated carbocycles. The summed E-state index contributed by atoms with van der Waals surface area (Å²) in [6.07, 6.45) is 5.59. The molecule has 174 valence electrons. The number of carbonyl (C=O) groups is 1. The predicted octanol–water partition coefficient (Wildman–Crippen LogP) is 5.11. The van der Waals surface area contributed by atoms with Crippen LogP contribution in [0.1, 0.15) is 40.1 Å². The van der Waals surface area contributed by atoms with Gasteiger partial charge in [-0.25, -0.2) is 0 Å². The molecule has 1 unspecified atom stereocenters. The number of amides is 1. The van der Waals surface area contributed by atoms with Crippen LogP contribution in [0.25, 0.3) is 17.3 Å². The first-order valence-corrected chi connectivity index (χ1v) is 11.1. The lowest BCUT2D eigenvalue weighted by Crippen LogP contribution is -2.28. The number of aromatic nitrogens is 3. The summed E-state index contributed by atoms with van der Waals surface area (Å²) in [5.41, 5.74) is 5.23. The minimum Gasteiger partial charge on any atom is -0.497 e. The van der Waals surface area contributed by atoms with Crippen molar-refractivity contribution >= 4 is 12.0 Å². The molecule has 0 aliphatic heterocycles. The number of hydrogen-bond donors (Lipinski definition) is 2. The van der Waals surface area contributed by atoms with E-state index in [1.807, 2.05) is 69.3 Å². The molecule has 0 fully saturated rings. The van der Waals surface area contributed by atoms with Gasteiger partial charge in [0.2, 0.25) is 5.91 Å². The maximum Gasteiger partial charge on any atom is 0.244 e. The molecule has 7 heteroatoms. The lowest BCUT2D eigenvalue weighted by Gasteiger charge is -2.19. The van der Waals surface area contributed by atoms with Crippen molar-refractivity contribution in [2.24, 2.45) is 0 Å². The van der Waals surface area contributed by atoms with E-state index in [9.17, 15) is 4.79 Å². The van der Waals surface area contributed by atoms with Crippen molar-refractivity contribution in [2.45, 2.75) is 33.2 Å². The average molecular weight is 457 g/mol. The average Bonchev–Trinajstić information content (AvgIpc) is 3.42. The largest absolute Gasteiger partial charge is 0.497 e. The number of carbonyl (C=O) groups excluding carboxylic acids is 1. The number of benzene rings is 1. The van der Waals surface area contributed by atoms with E-state index in [0.29, 0.717) is 6.42 Å². The molecule has 7 nitrogen and oxygen atoms in total. The fourth-order valence-corrected chi connectivity index (χ4v) is 3.93. The van der Waals surface area contributed by atoms with Crippen LogP contribution in [0.2, 0.25) is 0 Å². The highest BCUT2D eigenvalue weighted by atomic mass is 16.5. The number of methoxy groups -OCH3 is 1. The van der Waals surface area contributed by atoms with E-state index in [-0.39, 0.29) is 11.9 Å². The van der Waals surface area contributed by atoms with Crippen LogP contribution in [-0.2, 0) is 11.2 Å². The molecule has 1 aromatic carbocycles. The van der Waals surface area contributed by atoms with Gasteiger partial charge >= 0.3 is 0 Å². The molecule has 0 aliphatic rings. The summed E-state index contributed by atoms with van der Waals surface area (Å²) in [6.45, 7) is 5.75. The van der Waals surface area contributed by atoms with Gasteiger partial charge in [0.25, 0.3) is 0 Å². The number of nitrogens with one attached hydrogen (secondary N) is 2. The van der Waals surface area contributed by atoms with Crippen molar-refractivity contribution in [2.75, 3.05) is 7.11 Å². The van der Waals surface area contributed by atoms with Crippen molar-refractivity contribution in [3.8, 4) is 17.0 Å². The number of rotatable bonds is 8. The van der Waals surface area contributed by atoms with Gasteiger partial charge in [-0.05, 0) is 62.7 Å². The molecular formula is C27H28N4O3. The van der Waals surface area contributed by atoms with Crippen molar-refractivity contribution in [1.29, 1.82) is 0 Å². The van der Waals surface area contributed by atoms with Crippen LogP contribution < -0.4 is 10.1 Å². The zero-order valence-electron chi connectivity index (χ0n) is 19.8. The highest BCUT2D eigenvalue weighted by Crippen LogP contribution is 2.28. The first kappa shape index (κ1) is 23.0. The normalized spacial score (nSPS) is 12.1. The van der Waals surface area contributed by atoms with E-state index in [0.717, 1.165) is 51.0 Å². The van der Waals surface area contributed by atoms with Crippen LogP contribution in [0.3, 0.4) is 0 Å². The van der Waals surface area contributed by atoms with Gasteiger partial charge in [-0.2, -0.15) is 5.10 Å². The molecule has 3 aromatic heterocycles. The second kappa shape index (κ2) is 10.2. The molecular weight excluding hydrogens is 428 g/mol. The van der Waals surface area contributed by atoms with Crippen molar-refractivity contribution in [1.82, 2.24) is 20.5 Å².